The van der Waals surface area contributed by atoms with Crippen LogP contribution in [0.15, 0.2) is 22.6 Å². The maximum absolute atomic E-state index is 12.4. The predicted molar refractivity (Wildman–Crippen MR) is 80.5 cm³/mol. The van der Waals surface area contributed by atoms with E-state index in [-0.39, 0.29) is 31.4 Å². The minimum atomic E-state index is -0.560. The fourth-order valence-corrected chi connectivity index (χ4v) is 5.57. The molecular weight excluding hydrogens is 484 g/mol. The summed E-state index contributed by atoms with van der Waals surface area (Å²) in [6.45, 7) is 4.12. The van der Waals surface area contributed by atoms with E-state index >= 15 is 0 Å². The second-order valence-electron chi connectivity index (χ2n) is 4.90. The van der Waals surface area contributed by atoms with E-state index in [4.69, 9.17) is 9.15 Å². The van der Waals surface area contributed by atoms with Gasteiger partial charge in [0.2, 0.25) is 0 Å². The Balaban J connectivity index is 1.87. The third-order valence-corrected chi connectivity index (χ3v) is 8.49. The fraction of sp³-hybridized carbons (Fsp3) is 0.500. The Labute approximate surface area is 142 Å². The van der Waals surface area contributed by atoms with E-state index in [9.17, 15) is 4.79 Å². The molecule has 1 saturated heterocycles. The zero-order chi connectivity index (χ0) is 14.3. The topological polar surface area (TPSA) is 61.4 Å². The number of hydrogen-bond donors (Lipinski definition) is 1. The van der Waals surface area contributed by atoms with Gasteiger partial charge in [-0.1, -0.05) is 0 Å². The summed E-state index contributed by atoms with van der Waals surface area (Å²) in [6, 6.07) is 5.89. The van der Waals surface area contributed by atoms with E-state index in [0.717, 1.165) is 29.6 Å². The first-order valence-electron chi connectivity index (χ1n) is 6.67. The molecule has 0 aliphatic carbocycles. The molecule has 3 heterocycles. The second-order valence-corrected chi connectivity index (χ2v) is 8.83. The van der Waals surface area contributed by atoms with E-state index in [1.165, 1.54) is 0 Å². The van der Waals surface area contributed by atoms with Gasteiger partial charge in [-0.2, -0.15) is 0 Å². The predicted octanol–water partition coefficient (Wildman–Crippen LogP) is 0.166. The zero-order valence-corrected chi connectivity index (χ0v) is 15.6. The number of ether oxygens (including phenoxy) is 1. The number of carbonyl (C=O) groups is 1. The molecule has 4 nitrogen and oxygen atoms in total. The molecule has 1 fully saturated rings. The number of nitrogens with one attached hydrogen (secondary N) is 1. The van der Waals surface area contributed by atoms with Gasteiger partial charge in [-0.25, -0.2) is 0 Å². The van der Waals surface area contributed by atoms with Crippen molar-refractivity contribution in [3.05, 3.63) is 23.8 Å². The van der Waals surface area contributed by atoms with Crippen LogP contribution >= 0.6 is 22.6 Å². The van der Waals surface area contributed by atoms with E-state index in [1.807, 2.05) is 18.2 Å². The Hall–Kier alpha value is -0.0900. The van der Waals surface area contributed by atoms with Gasteiger partial charge in [0.25, 0.3) is 0 Å². The van der Waals surface area contributed by atoms with E-state index < -0.39 is 5.60 Å². The number of carbonyl (C=O) groups excluding carboxylic acids is 1. The van der Waals surface area contributed by atoms with Crippen LogP contribution in [0.1, 0.15) is 32.3 Å². The SMILES string of the molecule is CCC(CC)(OC(=O)C(I)C1N[I-]1)c1cc2ccc1o2. The first-order valence-corrected chi connectivity index (χ1v) is 10.2. The van der Waals surface area contributed by atoms with Crippen LogP contribution in [0, 0.1) is 0 Å². The molecule has 1 aliphatic rings. The summed E-state index contributed by atoms with van der Waals surface area (Å²) < 4.78 is 15.1. The summed E-state index contributed by atoms with van der Waals surface area (Å²) in [4.78, 5) is 12.4. The van der Waals surface area contributed by atoms with E-state index in [0.29, 0.717) is 4.05 Å². The van der Waals surface area contributed by atoms with Crippen molar-refractivity contribution in [1.29, 1.82) is 0 Å². The minimum absolute atomic E-state index is 0.0142. The van der Waals surface area contributed by atoms with Gasteiger partial charge in [0.1, 0.15) is 0 Å². The quantitative estimate of drug-likeness (QED) is 0.154. The van der Waals surface area contributed by atoms with Crippen LogP contribution in [-0.2, 0) is 15.1 Å². The fourth-order valence-electron chi connectivity index (χ4n) is 2.49. The third kappa shape index (κ3) is 2.54. The van der Waals surface area contributed by atoms with Crippen molar-refractivity contribution in [2.75, 3.05) is 0 Å². The number of halogens is 2. The van der Waals surface area contributed by atoms with Crippen molar-refractivity contribution in [3.8, 4) is 0 Å². The van der Waals surface area contributed by atoms with Gasteiger partial charge in [-0.05, 0) is 0 Å². The first kappa shape index (κ1) is 14.8. The molecule has 0 saturated carbocycles. The number of hydrogen-bond acceptors (Lipinski definition) is 4. The molecule has 2 aromatic rings. The van der Waals surface area contributed by atoms with Crippen molar-refractivity contribution < 1.29 is 35.4 Å². The molecule has 2 bridgehead atoms. The number of benzene rings is 1. The standard InChI is InChI=1S/C14H16I2NO3/c1-3-14(4-2,9-7-8-5-6-10(9)19-8)20-13(18)11(15)12-16-17-12/h5-7,11-12,17H,3-4H2,1-2H3/q-1. The van der Waals surface area contributed by atoms with E-state index in [2.05, 4.69) is 40.0 Å². The van der Waals surface area contributed by atoms with Crippen LogP contribution in [0.2, 0.25) is 0 Å². The van der Waals surface area contributed by atoms with Crippen molar-refractivity contribution in [2.24, 2.45) is 0 Å². The molecule has 2 aromatic heterocycles. The average molecular weight is 500 g/mol. The monoisotopic (exact) mass is 500 g/mol. The molecule has 2 atom stereocenters. The molecule has 0 aromatic carbocycles. The molecule has 0 amide bonds. The van der Waals surface area contributed by atoms with Gasteiger partial charge in [-0.3, -0.25) is 0 Å². The van der Waals surface area contributed by atoms with Gasteiger partial charge in [-0.15, -0.1) is 0 Å². The van der Waals surface area contributed by atoms with Crippen LogP contribution in [0.3, 0.4) is 0 Å². The number of fused-ring (bicyclic) bond motifs is 2. The summed E-state index contributed by atoms with van der Waals surface area (Å²) in [5, 5.41) is 0. The molecule has 1 N–H and O–H groups in total. The maximum atomic E-state index is 12.4. The van der Waals surface area contributed by atoms with E-state index in [1.54, 1.807) is 0 Å². The number of furan rings is 2. The summed E-state index contributed by atoms with van der Waals surface area (Å²) in [7, 11) is 0. The molecule has 110 valence electrons. The molecule has 0 radical (unpaired) electrons. The average Bonchev–Trinajstić information content (AvgIpc) is 3.11. The molecular formula is C14H16I2NO3-. The van der Waals surface area contributed by atoms with Gasteiger partial charge in [0.05, 0.1) is 0 Å². The van der Waals surface area contributed by atoms with Crippen LogP contribution in [-0.4, -0.2) is 13.9 Å². The zero-order valence-electron chi connectivity index (χ0n) is 11.3. The molecule has 0 spiro atoms. The van der Waals surface area contributed by atoms with Crippen molar-refractivity contribution in [3.63, 3.8) is 0 Å². The number of rotatable bonds is 6. The van der Waals surface area contributed by atoms with Gasteiger partial charge < -0.3 is 0 Å². The first-order chi connectivity index (χ1) is 9.59. The summed E-state index contributed by atoms with van der Waals surface area (Å²) >= 11 is 2.21. The van der Waals surface area contributed by atoms with Gasteiger partial charge in [0, 0.05) is 0 Å². The van der Waals surface area contributed by atoms with Crippen LogP contribution in [0.25, 0.3) is 11.2 Å². The molecule has 3 rings (SSSR count). The molecule has 1 aliphatic heterocycles. The van der Waals surface area contributed by atoms with Crippen LogP contribution in [0.5, 0.6) is 0 Å². The molecule has 6 heteroatoms. The van der Waals surface area contributed by atoms with Crippen molar-refractivity contribution in [1.82, 2.24) is 3.53 Å². The van der Waals surface area contributed by atoms with Crippen LogP contribution < -0.4 is 25.0 Å². The van der Waals surface area contributed by atoms with Crippen molar-refractivity contribution in [2.45, 2.75) is 40.3 Å². The van der Waals surface area contributed by atoms with Gasteiger partial charge in [0.15, 0.2) is 0 Å². The van der Waals surface area contributed by atoms with Gasteiger partial charge >= 0.3 is 143 Å². The summed E-state index contributed by atoms with van der Waals surface area (Å²) in [5.41, 5.74) is 2.13. The third-order valence-electron chi connectivity index (χ3n) is 3.83. The van der Waals surface area contributed by atoms with Crippen LogP contribution in [0.4, 0.5) is 0 Å². The Morgan fingerprint density at radius 2 is 2.25 bits per heavy atom. The second kappa shape index (κ2) is 5.60. The van der Waals surface area contributed by atoms with Crippen molar-refractivity contribution >= 4 is 39.7 Å². The summed E-state index contributed by atoms with van der Waals surface area (Å²) in [5.74, 6) is -0.109. The summed E-state index contributed by atoms with van der Waals surface area (Å²) in [6.07, 6.45) is 1.51. The Kier molecular flexibility index (Phi) is 4.15. The molecule has 2 unspecified atom stereocenters. The Bertz CT molecular complexity index is 604. The molecule has 20 heavy (non-hydrogen) atoms. The number of alkyl halides is 2. The Morgan fingerprint density at radius 3 is 2.70 bits per heavy atom. The Morgan fingerprint density at radius 1 is 1.55 bits per heavy atom. The number of esters is 1. The normalized spacial score (nSPS) is 20.6.